The van der Waals surface area contributed by atoms with Crippen LogP contribution in [0.15, 0.2) is 72.9 Å². The highest BCUT2D eigenvalue weighted by Gasteiger charge is 2.19. The van der Waals surface area contributed by atoms with Crippen molar-refractivity contribution in [3.63, 3.8) is 0 Å². The Morgan fingerprint density at radius 1 is 0.276 bits per heavy atom. The molecule has 440 valence electrons. The molecule has 0 aromatic rings. The van der Waals surface area contributed by atoms with Gasteiger partial charge in [0.15, 0.2) is 6.10 Å². The van der Waals surface area contributed by atoms with Gasteiger partial charge >= 0.3 is 17.9 Å². The van der Waals surface area contributed by atoms with E-state index < -0.39 is 6.10 Å². The van der Waals surface area contributed by atoms with Gasteiger partial charge in [-0.15, -0.1) is 0 Å². The number of carbonyl (C=O) groups excluding carboxylic acids is 3. The molecule has 0 saturated heterocycles. The van der Waals surface area contributed by atoms with Gasteiger partial charge in [0.1, 0.15) is 13.2 Å². The number of hydrogen-bond donors (Lipinski definition) is 0. The Morgan fingerprint density at radius 2 is 0.513 bits per heavy atom. The van der Waals surface area contributed by atoms with Crippen LogP contribution in [0.3, 0.4) is 0 Å². The predicted octanol–water partition coefficient (Wildman–Crippen LogP) is 22.5. The third kappa shape index (κ3) is 61.7. The number of hydrogen-bond acceptors (Lipinski definition) is 6. The molecule has 1 unspecified atom stereocenters. The van der Waals surface area contributed by atoms with Gasteiger partial charge in [0.2, 0.25) is 0 Å². The minimum Gasteiger partial charge on any atom is -0.462 e. The van der Waals surface area contributed by atoms with Crippen LogP contribution >= 0.6 is 0 Å². The molecular weight excluding hydrogens is 937 g/mol. The molecule has 0 radical (unpaired) electrons. The lowest BCUT2D eigenvalue weighted by Crippen LogP contribution is -2.30. The normalized spacial score (nSPS) is 12.5. The molecule has 76 heavy (non-hydrogen) atoms. The van der Waals surface area contributed by atoms with E-state index in [1.165, 1.54) is 180 Å². The van der Waals surface area contributed by atoms with Crippen LogP contribution in [0.2, 0.25) is 0 Å². The van der Waals surface area contributed by atoms with E-state index in [4.69, 9.17) is 14.2 Å². The van der Waals surface area contributed by atoms with Crippen molar-refractivity contribution in [3.8, 4) is 0 Å². The van der Waals surface area contributed by atoms with E-state index in [0.29, 0.717) is 19.3 Å². The van der Waals surface area contributed by atoms with E-state index in [-0.39, 0.29) is 31.1 Å². The molecule has 0 amide bonds. The molecule has 0 fully saturated rings. The lowest BCUT2D eigenvalue weighted by Gasteiger charge is -2.18. The average Bonchev–Trinajstić information content (AvgIpc) is 3.42. The maximum absolute atomic E-state index is 12.9. The molecule has 0 N–H and O–H groups in total. The van der Waals surface area contributed by atoms with Crippen molar-refractivity contribution in [3.05, 3.63) is 72.9 Å². The first-order valence-electron chi connectivity index (χ1n) is 32.9. The fourth-order valence-electron chi connectivity index (χ4n) is 9.53. The van der Waals surface area contributed by atoms with Crippen LogP contribution in [0.1, 0.15) is 335 Å². The van der Waals surface area contributed by atoms with Crippen molar-refractivity contribution in [2.75, 3.05) is 13.2 Å². The van der Waals surface area contributed by atoms with Crippen LogP contribution in [0, 0.1) is 0 Å². The van der Waals surface area contributed by atoms with Gasteiger partial charge in [0.25, 0.3) is 0 Å². The van der Waals surface area contributed by atoms with Crippen molar-refractivity contribution in [1.82, 2.24) is 0 Å². The Bertz CT molecular complexity index is 1400. The lowest BCUT2D eigenvalue weighted by atomic mass is 10.0. The van der Waals surface area contributed by atoms with E-state index in [0.717, 1.165) is 116 Å². The molecule has 6 nitrogen and oxygen atoms in total. The Hall–Kier alpha value is -3.15. The summed E-state index contributed by atoms with van der Waals surface area (Å²) in [5.74, 6) is -0.894. The second-order valence-electron chi connectivity index (χ2n) is 22.0. The SMILES string of the molecule is CC/C=C\C/C=C\C/C=C\C/C=C\C/C=C\CCCCCCCC(=O)OC(COC(=O)CCCCCCC/C=C\CCCCCCC)COC(=O)CCCCCCCCCCCCCCCCCCCCCCCCC. The van der Waals surface area contributed by atoms with Gasteiger partial charge in [-0.2, -0.15) is 0 Å². The summed E-state index contributed by atoms with van der Waals surface area (Å²) < 4.78 is 16.9. The highest BCUT2D eigenvalue weighted by atomic mass is 16.6. The first-order valence-corrected chi connectivity index (χ1v) is 32.9. The number of carbonyl (C=O) groups is 3. The summed E-state index contributed by atoms with van der Waals surface area (Å²) in [6.07, 6.45) is 83.4. The molecule has 6 heteroatoms. The van der Waals surface area contributed by atoms with Gasteiger partial charge in [-0.05, 0) is 89.9 Å². The quantitative estimate of drug-likeness (QED) is 0.0261. The van der Waals surface area contributed by atoms with Gasteiger partial charge in [-0.1, -0.05) is 299 Å². The first-order chi connectivity index (χ1) is 37.5. The zero-order chi connectivity index (χ0) is 55.0. The van der Waals surface area contributed by atoms with Gasteiger partial charge in [-0.3, -0.25) is 14.4 Å². The lowest BCUT2D eigenvalue weighted by molar-refractivity contribution is -0.167. The molecule has 0 bridgehead atoms. The third-order valence-corrected chi connectivity index (χ3v) is 14.4. The number of unbranched alkanes of at least 4 members (excludes halogenated alkanes) is 37. The fourth-order valence-corrected chi connectivity index (χ4v) is 9.53. The molecule has 0 aromatic heterocycles. The zero-order valence-corrected chi connectivity index (χ0v) is 50.5. The molecule has 1 atom stereocenters. The molecule has 0 spiro atoms. The molecule has 0 aliphatic heterocycles. The van der Waals surface area contributed by atoms with Gasteiger partial charge in [0, 0.05) is 19.3 Å². The Morgan fingerprint density at radius 3 is 0.816 bits per heavy atom. The van der Waals surface area contributed by atoms with E-state index in [1.54, 1.807) is 0 Å². The molecule has 0 aliphatic carbocycles. The van der Waals surface area contributed by atoms with Crippen LogP contribution in [-0.4, -0.2) is 37.2 Å². The maximum atomic E-state index is 12.9. The summed E-state index contributed by atoms with van der Waals surface area (Å²) in [4.78, 5) is 38.3. The number of allylic oxidation sites excluding steroid dienone is 12. The van der Waals surface area contributed by atoms with Crippen molar-refractivity contribution < 1.29 is 28.6 Å². The monoisotopic (exact) mass is 1060 g/mol. The first kappa shape index (κ1) is 72.8. The number of rotatable bonds is 60. The molecule has 0 aromatic carbocycles. The van der Waals surface area contributed by atoms with Crippen molar-refractivity contribution >= 4 is 17.9 Å². The molecule has 0 saturated carbocycles. The summed E-state index contributed by atoms with van der Waals surface area (Å²) >= 11 is 0. The van der Waals surface area contributed by atoms with Crippen LogP contribution in [0.25, 0.3) is 0 Å². The summed E-state index contributed by atoms with van der Waals surface area (Å²) in [6.45, 7) is 6.54. The zero-order valence-electron chi connectivity index (χ0n) is 50.5. The standard InChI is InChI=1S/C70H124O6/c1-4-7-10-13-16-19-22-25-28-30-32-34-35-37-38-40-42-45-48-51-54-57-60-63-69(72)75-66-67(65-74-68(71)62-59-56-53-50-47-44-27-24-21-18-15-12-9-6-3)76-70(73)64-61-58-55-52-49-46-43-41-39-36-33-31-29-26-23-20-17-14-11-8-5-2/h8,11,17,20,24,26-27,29,33,36,41,43,67H,4-7,9-10,12-16,18-19,21-23,25,28,30-32,34-35,37-40,42,44-66H2,1-3H3/b11-8-,20-17-,27-24-,29-26-,36-33-,43-41-. The van der Waals surface area contributed by atoms with E-state index in [1.807, 2.05) is 0 Å². The Kier molecular flexibility index (Phi) is 61.7. The van der Waals surface area contributed by atoms with E-state index in [2.05, 4.69) is 93.7 Å². The minimum absolute atomic E-state index is 0.0830. The average molecular weight is 1060 g/mol. The largest absolute Gasteiger partial charge is 0.462 e. The second-order valence-corrected chi connectivity index (χ2v) is 22.0. The summed E-state index contributed by atoms with van der Waals surface area (Å²) in [5, 5.41) is 0. The summed E-state index contributed by atoms with van der Waals surface area (Å²) in [5.41, 5.74) is 0. The molecule has 0 heterocycles. The van der Waals surface area contributed by atoms with E-state index >= 15 is 0 Å². The van der Waals surface area contributed by atoms with Crippen LogP contribution in [0.5, 0.6) is 0 Å². The predicted molar refractivity (Wildman–Crippen MR) is 330 cm³/mol. The number of esters is 3. The highest BCUT2D eigenvalue weighted by molar-refractivity contribution is 5.71. The molecular formula is C70H124O6. The highest BCUT2D eigenvalue weighted by Crippen LogP contribution is 2.17. The van der Waals surface area contributed by atoms with E-state index in [9.17, 15) is 14.4 Å². The van der Waals surface area contributed by atoms with Gasteiger partial charge in [-0.25, -0.2) is 0 Å². The topological polar surface area (TPSA) is 78.9 Å². The van der Waals surface area contributed by atoms with Crippen LogP contribution in [-0.2, 0) is 28.6 Å². The maximum Gasteiger partial charge on any atom is 0.306 e. The third-order valence-electron chi connectivity index (χ3n) is 14.4. The van der Waals surface area contributed by atoms with Crippen molar-refractivity contribution in [1.29, 1.82) is 0 Å². The Labute approximate surface area is 472 Å². The smallest absolute Gasteiger partial charge is 0.306 e. The molecule has 0 rings (SSSR count). The van der Waals surface area contributed by atoms with Gasteiger partial charge in [0.05, 0.1) is 0 Å². The summed E-state index contributed by atoms with van der Waals surface area (Å²) in [6, 6.07) is 0. The van der Waals surface area contributed by atoms with Crippen LogP contribution < -0.4 is 0 Å². The van der Waals surface area contributed by atoms with Crippen LogP contribution in [0.4, 0.5) is 0 Å². The van der Waals surface area contributed by atoms with Crippen molar-refractivity contribution in [2.24, 2.45) is 0 Å². The summed E-state index contributed by atoms with van der Waals surface area (Å²) in [7, 11) is 0. The minimum atomic E-state index is -0.789. The van der Waals surface area contributed by atoms with Gasteiger partial charge < -0.3 is 14.2 Å². The van der Waals surface area contributed by atoms with Crippen molar-refractivity contribution in [2.45, 2.75) is 341 Å². The second kappa shape index (κ2) is 64.4. The number of ether oxygens (including phenoxy) is 3. The fraction of sp³-hybridized carbons (Fsp3) is 0.786. The molecule has 0 aliphatic rings. The Balaban J connectivity index is 4.34.